The van der Waals surface area contributed by atoms with Gasteiger partial charge in [-0.1, -0.05) is 61.5 Å². The smallest absolute Gasteiger partial charge is 0.240 e. The van der Waals surface area contributed by atoms with Crippen molar-refractivity contribution in [1.82, 2.24) is 4.72 Å². The average molecular weight is 398 g/mol. The van der Waals surface area contributed by atoms with E-state index in [1.165, 1.54) is 16.7 Å². The molecular formula is C23H27NO3S. The average Bonchev–Trinajstić information content (AvgIpc) is 2.96. The molecule has 5 heteroatoms. The number of aryl methyl sites for hydroxylation is 1. The molecule has 1 aromatic rings. The number of hydrogen-bond donors (Lipinski definition) is 2. The second kappa shape index (κ2) is 9.32. The summed E-state index contributed by atoms with van der Waals surface area (Å²) in [4.78, 5) is 0.303. The van der Waals surface area contributed by atoms with Gasteiger partial charge in [0, 0.05) is 19.1 Å². The number of unbranched alkanes of at least 4 members (excludes halogenated alkanes) is 1. The lowest BCUT2D eigenvalue weighted by atomic mass is 10.0. The fourth-order valence-corrected chi connectivity index (χ4v) is 4.40. The molecule has 0 bridgehead atoms. The molecule has 2 aliphatic rings. The van der Waals surface area contributed by atoms with Gasteiger partial charge in [-0.05, 0) is 53.6 Å². The maximum absolute atomic E-state index is 12.2. The van der Waals surface area contributed by atoms with Crippen LogP contribution in [0.2, 0.25) is 0 Å². The van der Waals surface area contributed by atoms with Crippen molar-refractivity contribution in [3.63, 3.8) is 0 Å². The second-order valence-corrected chi connectivity index (χ2v) is 8.91. The van der Waals surface area contributed by atoms with Crippen LogP contribution in [-0.4, -0.2) is 26.7 Å². The van der Waals surface area contributed by atoms with Crippen LogP contribution in [0.5, 0.6) is 0 Å². The van der Waals surface area contributed by atoms with Crippen LogP contribution in [0.3, 0.4) is 0 Å². The van der Waals surface area contributed by atoms with Gasteiger partial charge in [-0.3, -0.25) is 0 Å². The minimum Gasteiger partial charge on any atom is -0.396 e. The minimum atomic E-state index is -3.42. The lowest BCUT2D eigenvalue weighted by Crippen LogP contribution is -2.24. The van der Waals surface area contributed by atoms with E-state index in [1.54, 1.807) is 30.3 Å². The third-order valence-electron chi connectivity index (χ3n) is 5.08. The van der Waals surface area contributed by atoms with Crippen LogP contribution >= 0.6 is 0 Å². The van der Waals surface area contributed by atoms with Crippen LogP contribution < -0.4 is 4.72 Å². The van der Waals surface area contributed by atoms with E-state index in [-0.39, 0.29) is 12.5 Å². The first-order valence-electron chi connectivity index (χ1n) is 9.68. The van der Waals surface area contributed by atoms with E-state index in [0.29, 0.717) is 11.4 Å². The third kappa shape index (κ3) is 4.98. The summed E-state index contributed by atoms with van der Waals surface area (Å²) in [6, 6.07) is 21.1. The van der Waals surface area contributed by atoms with Gasteiger partial charge in [-0.25, -0.2) is 13.1 Å². The molecule has 2 aliphatic carbocycles. The highest BCUT2D eigenvalue weighted by atomic mass is 32.2. The summed E-state index contributed by atoms with van der Waals surface area (Å²) in [5.41, 5.74) is 4.82. The van der Waals surface area contributed by atoms with E-state index < -0.39 is 10.0 Å². The largest absolute Gasteiger partial charge is 0.396 e. The number of aliphatic hydroxyl groups is 1. The predicted octanol–water partition coefficient (Wildman–Crippen LogP) is 4.19. The molecule has 4 nitrogen and oxygen atoms in total. The summed E-state index contributed by atoms with van der Waals surface area (Å²) in [5, 5.41) is 9.36. The van der Waals surface area contributed by atoms with Crippen molar-refractivity contribution in [2.24, 2.45) is 0 Å². The fourth-order valence-electron chi connectivity index (χ4n) is 3.31. The standard InChI is InChI=1S/C23H27NO3S/c1-18(17-25)19-10-11-21-13-12-20(23(21)15-14-19)7-5-6-16-24-28(26,27)22-8-3-2-4-9-22/h2-4,8-15,18,24-25H,5-7,16-17H2,1H3. The quantitative estimate of drug-likeness (QED) is 0.532. The summed E-state index contributed by atoms with van der Waals surface area (Å²) in [6.07, 6.45) is 2.60. The Bertz CT molecular complexity index is 970. The van der Waals surface area contributed by atoms with Gasteiger partial charge < -0.3 is 5.11 Å². The Morgan fingerprint density at radius 2 is 1.64 bits per heavy atom. The molecule has 28 heavy (non-hydrogen) atoms. The SMILES string of the molecule is CC(CO)c1ccc2ccc(CCCCNS(=O)(=O)c3ccccc3)c-2cc1. The van der Waals surface area contributed by atoms with Crippen LogP contribution in [0.1, 0.15) is 36.8 Å². The maximum Gasteiger partial charge on any atom is 0.240 e. The highest BCUT2D eigenvalue weighted by Gasteiger charge is 2.13. The summed E-state index contributed by atoms with van der Waals surface area (Å²) in [6.45, 7) is 2.58. The molecule has 0 radical (unpaired) electrons. The molecule has 0 spiro atoms. The molecule has 1 aromatic carbocycles. The van der Waals surface area contributed by atoms with E-state index in [9.17, 15) is 13.5 Å². The van der Waals surface area contributed by atoms with Crippen LogP contribution in [0, 0.1) is 0 Å². The normalized spacial score (nSPS) is 12.9. The topological polar surface area (TPSA) is 66.4 Å². The molecular weight excluding hydrogens is 370 g/mol. The summed E-state index contributed by atoms with van der Waals surface area (Å²) in [5.74, 6) is 0.123. The van der Waals surface area contributed by atoms with Crippen LogP contribution in [0.25, 0.3) is 11.1 Å². The molecule has 1 atom stereocenters. The highest BCUT2D eigenvalue weighted by molar-refractivity contribution is 7.89. The Morgan fingerprint density at radius 1 is 0.929 bits per heavy atom. The fraction of sp³-hybridized carbons (Fsp3) is 0.304. The lowest BCUT2D eigenvalue weighted by molar-refractivity contribution is 0.273. The van der Waals surface area contributed by atoms with Crippen molar-refractivity contribution < 1.29 is 13.5 Å². The first-order valence-corrected chi connectivity index (χ1v) is 11.2. The summed E-state index contributed by atoms with van der Waals surface area (Å²) < 4.78 is 27.1. The molecule has 0 aliphatic heterocycles. The van der Waals surface area contributed by atoms with Gasteiger partial charge in [0.05, 0.1) is 4.90 Å². The molecule has 148 valence electrons. The number of hydrogen-bond acceptors (Lipinski definition) is 3. The first kappa shape index (κ1) is 20.5. The van der Waals surface area contributed by atoms with E-state index >= 15 is 0 Å². The Morgan fingerprint density at radius 3 is 2.39 bits per heavy atom. The van der Waals surface area contributed by atoms with Gasteiger partial charge in [0.1, 0.15) is 0 Å². The molecule has 0 aromatic heterocycles. The molecule has 0 heterocycles. The monoisotopic (exact) mass is 397 g/mol. The van der Waals surface area contributed by atoms with Gasteiger partial charge >= 0.3 is 0 Å². The van der Waals surface area contributed by atoms with E-state index in [4.69, 9.17) is 0 Å². The van der Waals surface area contributed by atoms with Crippen LogP contribution in [0.15, 0.2) is 71.6 Å². The zero-order valence-electron chi connectivity index (χ0n) is 16.1. The number of benzene rings is 1. The molecule has 0 fully saturated rings. The summed E-state index contributed by atoms with van der Waals surface area (Å²) >= 11 is 0. The van der Waals surface area contributed by atoms with Crippen molar-refractivity contribution in [3.05, 3.63) is 77.9 Å². The molecule has 0 saturated heterocycles. The molecule has 0 amide bonds. The Kier molecular flexibility index (Phi) is 6.83. The number of rotatable bonds is 9. The van der Waals surface area contributed by atoms with Crippen molar-refractivity contribution in [2.75, 3.05) is 13.2 Å². The van der Waals surface area contributed by atoms with E-state index in [2.05, 4.69) is 41.1 Å². The number of fused-ring (bicyclic) bond motifs is 1. The van der Waals surface area contributed by atoms with Gasteiger partial charge in [0.15, 0.2) is 0 Å². The summed E-state index contributed by atoms with van der Waals surface area (Å²) in [7, 11) is -3.42. The van der Waals surface area contributed by atoms with Crippen LogP contribution in [-0.2, 0) is 16.4 Å². The zero-order valence-corrected chi connectivity index (χ0v) is 17.0. The highest BCUT2D eigenvalue weighted by Crippen LogP contribution is 2.29. The first-order chi connectivity index (χ1) is 13.5. The van der Waals surface area contributed by atoms with E-state index in [1.807, 2.05) is 6.92 Å². The van der Waals surface area contributed by atoms with Crippen molar-refractivity contribution >= 4 is 10.0 Å². The van der Waals surface area contributed by atoms with Crippen LogP contribution in [0.4, 0.5) is 0 Å². The van der Waals surface area contributed by atoms with Gasteiger partial charge in [-0.2, -0.15) is 0 Å². The maximum atomic E-state index is 12.2. The Labute approximate surface area is 167 Å². The van der Waals surface area contributed by atoms with Gasteiger partial charge in [0.25, 0.3) is 0 Å². The second-order valence-electron chi connectivity index (χ2n) is 7.15. The van der Waals surface area contributed by atoms with Crippen molar-refractivity contribution in [1.29, 1.82) is 0 Å². The Balaban J connectivity index is 1.55. The molecule has 1 unspecified atom stereocenters. The zero-order chi connectivity index (χ0) is 20.0. The van der Waals surface area contributed by atoms with E-state index in [0.717, 1.165) is 24.8 Å². The minimum absolute atomic E-state index is 0.123. The molecule has 3 rings (SSSR count). The predicted molar refractivity (Wildman–Crippen MR) is 113 cm³/mol. The number of sulfonamides is 1. The molecule has 2 N–H and O–H groups in total. The van der Waals surface area contributed by atoms with Gasteiger partial charge in [-0.15, -0.1) is 0 Å². The third-order valence-corrected chi connectivity index (χ3v) is 6.56. The Hall–Kier alpha value is -2.21. The number of aliphatic hydroxyl groups excluding tert-OH is 1. The van der Waals surface area contributed by atoms with Gasteiger partial charge in [0.2, 0.25) is 10.0 Å². The van der Waals surface area contributed by atoms with Crippen molar-refractivity contribution in [3.8, 4) is 11.1 Å². The van der Waals surface area contributed by atoms with Crippen molar-refractivity contribution in [2.45, 2.75) is 37.0 Å². The number of nitrogens with one attached hydrogen (secondary N) is 1. The lowest BCUT2D eigenvalue weighted by Gasteiger charge is -2.07. The molecule has 0 saturated carbocycles.